The molecule has 0 atom stereocenters. The van der Waals surface area contributed by atoms with Gasteiger partial charge >= 0.3 is 5.97 Å². The SMILES string of the molecule is CCOC(=O)c1ccc(C#N)c(CC)c1C=O. The van der Waals surface area contributed by atoms with Crippen molar-refractivity contribution in [3.63, 3.8) is 0 Å². The van der Waals surface area contributed by atoms with Gasteiger partial charge < -0.3 is 4.74 Å². The zero-order valence-corrected chi connectivity index (χ0v) is 9.82. The Morgan fingerprint density at radius 1 is 1.47 bits per heavy atom. The predicted molar refractivity (Wildman–Crippen MR) is 61.9 cm³/mol. The Morgan fingerprint density at radius 3 is 2.65 bits per heavy atom. The van der Waals surface area contributed by atoms with Gasteiger partial charge in [0.25, 0.3) is 0 Å². The lowest BCUT2D eigenvalue weighted by molar-refractivity contribution is 0.0524. The number of benzene rings is 1. The Bertz CT molecular complexity index is 486. The summed E-state index contributed by atoms with van der Waals surface area (Å²) >= 11 is 0. The third kappa shape index (κ3) is 2.51. The van der Waals surface area contributed by atoms with E-state index in [1.165, 1.54) is 12.1 Å². The summed E-state index contributed by atoms with van der Waals surface area (Å²) in [6, 6.07) is 5.01. The summed E-state index contributed by atoms with van der Waals surface area (Å²) in [4.78, 5) is 22.7. The Balaban J connectivity index is 3.39. The van der Waals surface area contributed by atoms with Crippen LogP contribution in [0, 0.1) is 11.3 Å². The number of nitriles is 1. The van der Waals surface area contributed by atoms with E-state index in [0.29, 0.717) is 23.8 Å². The second kappa shape index (κ2) is 5.80. The number of nitrogens with zero attached hydrogens (tertiary/aromatic N) is 1. The Morgan fingerprint density at radius 2 is 2.18 bits per heavy atom. The lowest BCUT2D eigenvalue weighted by atomic mass is 9.95. The van der Waals surface area contributed by atoms with E-state index in [4.69, 9.17) is 10.00 Å². The second-order valence-electron chi connectivity index (χ2n) is 3.36. The highest BCUT2D eigenvalue weighted by molar-refractivity contribution is 5.99. The highest BCUT2D eigenvalue weighted by atomic mass is 16.5. The van der Waals surface area contributed by atoms with Crippen LogP contribution in [0.1, 0.15) is 45.7 Å². The van der Waals surface area contributed by atoms with Crippen LogP contribution in [0.5, 0.6) is 0 Å². The molecule has 4 nitrogen and oxygen atoms in total. The van der Waals surface area contributed by atoms with Crippen molar-refractivity contribution in [2.75, 3.05) is 6.61 Å². The van der Waals surface area contributed by atoms with Crippen LogP contribution in [-0.2, 0) is 11.2 Å². The molecular weight excluding hydrogens is 218 g/mol. The summed E-state index contributed by atoms with van der Waals surface area (Å²) in [6.45, 7) is 3.78. The lowest BCUT2D eigenvalue weighted by Crippen LogP contribution is -2.10. The number of hydrogen-bond donors (Lipinski definition) is 0. The van der Waals surface area contributed by atoms with Crippen LogP contribution in [0.3, 0.4) is 0 Å². The van der Waals surface area contributed by atoms with Gasteiger partial charge in [0.1, 0.15) is 0 Å². The number of esters is 1. The third-order valence-electron chi connectivity index (χ3n) is 2.44. The van der Waals surface area contributed by atoms with Gasteiger partial charge in [-0.05, 0) is 31.0 Å². The van der Waals surface area contributed by atoms with Crippen LogP contribution in [-0.4, -0.2) is 18.9 Å². The molecule has 1 aromatic rings. The van der Waals surface area contributed by atoms with E-state index in [-0.39, 0.29) is 17.7 Å². The van der Waals surface area contributed by atoms with E-state index in [1.54, 1.807) is 6.92 Å². The van der Waals surface area contributed by atoms with E-state index in [1.807, 2.05) is 13.0 Å². The minimum atomic E-state index is -0.534. The highest BCUT2D eigenvalue weighted by Gasteiger charge is 2.17. The van der Waals surface area contributed by atoms with Crippen molar-refractivity contribution in [3.05, 3.63) is 34.4 Å². The predicted octanol–water partition coefficient (Wildman–Crippen LogP) is 2.11. The first-order valence-electron chi connectivity index (χ1n) is 5.37. The Hall–Kier alpha value is -2.15. The van der Waals surface area contributed by atoms with Gasteiger partial charge in [-0.3, -0.25) is 4.79 Å². The van der Waals surface area contributed by atoms with Crippen LogP contribution < -0.4 is 0 Å². The minimum absolute atomic E-state index is 0.220. The number of carbonyl (C=O) groups excluding carboxylic acids is 2. The molecule has 0 aliphatic rings. The van der Waals surface area contributed by atoms with Crippen LogP contribution in [0.4, 0.5) is 0 Å². The van der Waals surface area contributed by atoms with Crippen LogP contribution in [0.25, 0.3) is 0 Å². The monoisotopic (exact) mass is 231 g/mol. The summed E-state index contributed by atoms with van der Waals surface area (Å²) in [5.41, 5.74) is 1.48. The maximum Gasteiger partial charge on any atom is 0.338 e. The van der Waals surface area contributed by atoms with Crippen molar-refractivity contribution in [1.29, 1.82) is 5.26 Å². The third-order valence-corrected chi connectivity index (χ3v) is 2.44. The molecule has 0 fully saturated rings. The first-order chi connectivity index (χ1) is 8.19. The van der Waals surface area contributed by atoms with Gasteiger partial charge in [0.05, 0.1) is 23.8 Å². The second-order valence-corrected chi connectivity index (χ2v) is 3.36. The molecule has 0 spiro atoms. The number of ether oxygens (including phenoxy) is 1. The van der Waals surface area contributed by atoms with Gasteiger partial charge in [-0.2, -0.15) is 5.26 Å². The molecule has 0 aliphatic heterocycles. The topological polar surface area (TPSA) is 67.2 Å². The van der Waals surface area contributed by atoms with Crippen molar-refractivity contribution in [3.8, 4) is 6.07 Å². The normalized spacial score (nSPS) is 9.47. The molecular formula is C13H13NO3. The molecule has 0 aliphatic carbocycles. The van der Waals surface area contributed by atoms with Crippen molar-refractivity contribution in [2.45, 2.75) is 20.3 Å². The van der Waals surface area contributed by atoms with E-state index in [0.717, 1.165) is 0 Å². The highest BCUT2D eigenvalue weighted by Crippen LogP contribution is 2.19. The van der Waals surface area contributed by atoms with E-state index >= 15 is 0 Å². The summed E-state index contributed by atoms with van der Waals surface area (Å²) in [7, 11) is 0. The summed E-state index contributed by atoms with van der Waals surface area (Å²) in [5, 5.41) is 8.92. The molecule has 0 bridgehead atoms. The maximum atomic E-state index is 11.6. The molecule has 0 heterocycles. The molecule has 1 rings (SSSR count). The van der Waals surface area contributed by atoms with Gasteiger partial charge in [0, 0.05) is 5.56 Å². The average molecular weight is 231 g/mol. The van der Waals surface area contributed by atoms with Crippen LogP contribution in [0.2, 0.25) is 0 Å². The Kier molecular flexibility index (Phi) is 4.41. The first kappa shape index (κ1) is 12.9. The van der Waals surface area contributed by atoms with Gasteiger partial charge in [-0.15, -0.1) is 0 Å². The number of rotatable bonds is 4. The largest absolute Gasteiger partial charge is 0.462 e. The molecule has 1 aromatic carbocycles. The molecule has 0 unspecified atom stereocenters. The zero-order valence-electron chi connectivity index (χ0n) is 9.82. The number of carbonyl (C=O) groups is 2. The average Bonchev–Trinajstić information content (AvgIpc) is 2.36. The molecule has 4 heteroatoms. The van der Waals surface area contributed by atoms with E-state index in [9.17, 15) is 9.59 Å². The summed E-state index contributed by atoms with van der Waals surface area (Å²) in [5.74, 6) is -0.534. The van der Waals surface area contributed by atoms with Crippen molar-refractivity contribution in [2.24, 2.45) is 0 Å². The molecule has 17 heavy (non-hydrogen) atoms. The minimum Gasteiger partial charge on any atom is -0.462 e. The quantitative estimate of drug-likeness (QED) is 0.588. The molecule has 0 saturated heterocycles. The van der Waals surface area contributed by atoms with Gasteiger partial charge in [-0.25, -0.2) is 4.79 Å². The fraction of sp³-hybridized carbons (Fsp3) is 0.308. The lowest BCUT2D eigenvalue weighted by Gasteiger charge is -2.09. The maximum absolute atomic E-state index is 11.6. The van der Waals surface area contributed by atoms with E-state index < -0.39 is 5.97 Å². The van der Waals surface area contributed by atoms with Crippen molar-refractivity contribution < 1.29 is 14.3 Å². The molecule has 0 aromatic heterocycles. The smallest absolute Gasteiger partial charge is 0.338 e. The van der Waals surface area contributed by atoms with Crippen LogP contribution >= 0.6 is 0 Å². The molecule has 0 radical (unpaired) electrons. The molecule has 0 saturated carbocycles. The zero-order chi connectivity index (χ0) is 12.8. The van der Waals surface area contributed by atoms with Gasteiger partial charge in [0.15, 0.2) is 6.29 Å². The van der Waals surface area contributed by atoms with Crippen LogP contribution in [0.15, 0.2) is 12.1 Å². The fourth-order valence-electron chi connectivity index (χ4n) is 1.67. The Labute approximate surface area is 99.8 Å². The molecule has 88 valence electrons. The number of hydrogen-bond acceptors (Lipinski definition) is 4. The standard InChI is InChI=1S/C13H13NO3/c1-3-10-9(7-14)5-6-11(12(10)8-15)13(16)17-4-2/h5-6,8H,3-4H2,1-2H3. The number of aldehydes is 1. The van der Waals surface area contributed by atoms with E-state index in [2.05, 4.69) is 0 Å². The van der Waals surface area contributed by atoms with Crippen molar-refractivity contribution in [1.82, 2.24) is 0 Å². The van der Waals surface area contributed by atoms with Gasteiger partial charge in [-0.1, -0.05) is 6.92 Å². The summed E-state index contributed by atoms with van der Waals surface area (Å²) in [6.07, 6.45) is 1.12. The fourth-order valence-corrected chi connectivity index (χ4v) is 1.67. The summed E-state index contributed by atoms with van der Waals surface area (Å²) < 4.78 is 4.86. The first-order valence-corrected chi connectivity index (χ1v) is 5.37. The molecule has 0 amide bonds. The molecule has 0 N–H and O–H groups in total. The van der Waals surface area contributed by atoms with Gasteiger partial charge in [0.2, 0.25) is 0 Å². The van der Waals surface area contributed by atoms with Crippen molar-refractivity contribution >= 4 is 12.3 Å².